The monoisotopic (exact) mass is 374 g/mol. The Balaban J connectivity index is 1.95. The highest BCUT2D eigenvalue weighted by atomic mass is 16.5. The highest BCUT2D eigenvalue weighted by Crippen LogP contribution is 2.56. The van der Waals surface area contributed by atoms with Crippen LogP contribution in [0.5, 0.6) is 0 Å². The molecule has 0 saturated heterocycles. The van der Waals surface area contributed by atoms with Gasteiger partial charge in [0.2, 0.25) is 0 Å². The topological polar surface area (TPSA) is 52.1 Å². The number of hydrogen-bond acceptors (Lipinski definition) is 3. The molecule has 0 aromatic carbocycles. The van der Waals surface area contributed by atoms with Crippen LogP contribution in [0.1, 0.15) is 39.5 Å². The molecule has 0 N–H and O–H groups in total. The molecule has 0 amide bonds. The Morgan fingerprint density at radius 1 is 1.29 bits per heavy atom. The van der Waals surface area contributed by atoms with Crippen LogP contribution in [0.2, 0.25) is 0 Å². The number of esters is 1. The highest BCUT2D eigenvalue weighted by Gasteiger charge is 2.59. The van der Waals surface area contributed by atoms with Crippen LogP contribution in [-0.4, -0.2) is 24.0 Å². The van der Waals surface area contributed by atoms with Crippen LogP contribution in [0.15, 0.2) is 46.1 Å². The number of carbonyl (C=O) groups excluding carboxylic acids is 2. The second-order valence-corrected chi connectivity index (χ2v) is 7.96. The SMILES string of the molecule is [C-]#[N+]C1([N+]#[C-])CC2=C(COC(C)=O)C(=O)CC2=C(CC)[C@@H]2C1=CC1C=CC2C1. The third kappa shape index (κ3) is 2.58. The summed E-state index contributed by atoms with van der Waals surface area (Å²) in [5.41, 5.74) is 2.99. The van der Waals surface area contributed by atoms with Gasteiger partial charge in [-0.3, -0.25) is 9.59 Å². The number of carbonyl (C=O) groups is 2. The molecule has 0 aromatic rings. The molecule has 142 valence electrons. The molecule has 28 heavy (non-hydrogen) atoms. The third-order valence-corrected chi connectivity index (χ3v) is 6.53. The van der Waals surface area contributed by atoms with Crippen molar-refractivity contribution >= 4 is 11.8 Å². The molecule has 0 aromatic heterocycles. The molecule has 5 heteroatoms. The average Bonchev–Trinajstić information content (AvgIpc) is 3.17. The molecule has 0 radical (unpaired) electrons. The Morgan fingerprint density at radius 3 is 2.68 bits per heavy atom. The number of Topliss-reactive ketones (excluding diaryl/α,β-unsaturated/α-hetero) is 1. The van der Waals surface area contributed by atoms with E-state index in [9.17, 15) is 9.59 Å². The van der Waals surface area contributed by atoms with Gasteiger partial charge in [0.05, 0.1) is 0 Å². The minimum absolute atomic E-state index is 0.0107. The maximum atomic E-state index is 12.8. The van der Waals surface area contributed by atoms with E-state index in [-0.39, 0.29) is 43.0 Å². The molecule has 0 heterocycles. The summed E-state index contributed by atoms with van der Waals surface area (Å²) < 4.78 is 5.14. The average molecular weight is 374 g/mol. The molecular formula is C23H22N2O3. The van der Waals surface area contributed by atoms with E-state index >= 15 is 0 Å². The molecule has 0 aliphatic heterocycles. The van der Waals surface area contributed by atoms with Crippen molar-refractivity contribution in [2.75, 3.05) is 6.61 Å². The van der Waals surface area contributed by atoms with Crippen LogP contribution in [-0.2, 0) is 14.3 Å². The lowest BCUT2D eigenvalue weighted by Gasteiger charge is -2.31. The molecule has 0 spiro atoms. The summed E-state index contributed by atoms with van der Waals surface area (Å²) in [6.45, 7) is 19.2. The normalized spacial score (nSPS) is 29.5. The largest absolute Gasteiger partial charge is 0.510 e. The summed E-state index contributed by atoms with van der Waals surface area (Å²) in [5, 5.41) is 0. The minimum atomic E-state index is -1.32. The van der Waals surface area contributed by atoms with Crippen LogP contribution >= 0.6 is 0 Å². The van der Waals surface area contributed by atoms with Crippen molar-refractivity contribution < 1.29 is 14.3 Å². The summed E-state index contributed by atoms with van der Waals surface area (Å²) in [6, 6.07) is 0. The zero-order valence-electron chi connectivity index (χ0n) is 16.1. The van der Waals surface area contributed by atoms with Gasteiger partial charge in [0.15, 0.2) is 5.78 Å². The molecule has 0 saturated carbocycles. The Hall–Kier alpha value is -2.92. The van der Waals surface area contributed by atoms with Gasteiger partial charge in [-0.05, 0) is 35.8 Å². The number of ketones is 1. The lowest BCUT2D eigenvalue weighted by Crippen LogP contribution is -2.33. The van der Waals surface area contributed by atoms with Gasteiger partial charge in [-0.25, -0.2) is 22.8 Å². The second kappa shape index (κ2) is 6.60. The van der Waals surface area contributed by atoms with Gasteiger partial charge in [-0.15, -0.1) is 0 Å². The number of nitrogens with zero attached hydrogens (tertiary/aromatic N) is 2. The smallest absolute Gasteiger partial charge is 0.461 e. The van der Waals surface area contributed by atoms with Gasteiger partial charge in [0, 0.05) is 24.8 Å². The quantitative estimate of drug-likeness (QED) is 0.422. The Labute approximate surface area is 165 Å². The summed E-state index contributed by atoms with van der Waals surface area (Å²) in [6.07, 6.45) is 8.80. The first kappa shape index (κ1) is 18.4. The summed E-state index contributed by atoms with van der Waals surface area (Å²) in [7, 11) is 0. The molecule has 4 aliphatic carbocycles. The second-order valence-electron chi connectivity index (χ2n) is 7.96. The van der Waals surface area contributed by atoms with Crippen molar-refractivity contribution in [3.63, 3.8) is 0 Å². The Bertz CT molecular complexity index is 966. The lowest BCUT2D eigenvalue weighted by atomic mass is 9.70. The van der Waals surface area contributed by atoms with Crippen molar-refractivity contribution in [2.24, 2.45) is 17.8 Å². The number of allylic oxidation sites excluding steroid dienone is 5. The van der Waals surface area contributed by atoms with Gasteiger partial charge < -0.3 is 4.74 Å². The minimum Gasteiger partial charge on any atom is -0.461 e. The predicted octanol–water partition coefficient (Wildman–Crippen LogP) is 4.21. The molecule has 2 unspecified atom stereocenters. The summed E-state index contributed by atoms with van der Waals surface area (Å²) in [5.74, 6) is 0.0856. The summed E-state index contributed by atoms with van der Waals surface area (Å²) in [4.78, 5) is 31.8. The predicted molar refractivity (Wildman–Crippen MR) is 103 cm³/mol. The molecule has 5 nitrogen and oxygen atoms in total. The van der Waals surface area contributed by atoms with E-state index in [0.29, 0.717) is 5.57 Å². The number of fused-ring (bicyclic) bond motifs is 5. The van der Waals surface area contributed by atoms with Crippen molar-refractivity contribution in [1.29, 1.82) is 0 Å². The fraction of sp³-hybridized carbons (Fsp3) is 0.478. The van der Waals surface area contributed by atoms with E-state index in [1.165, 1.54) is 12.5 Å². The molecule has 2 bridgehead atoms. The standard InChI is InChI=1S/C23H22N2O3/c1-5-16-17-10-21(27)19(12-28-13(2)26)18(17)11-23(24-3,25-4)20-9-14-6-7-15(8-14)22(16)20/h6-7,9,14-15,22H,5,8,10-12H2,1-2H3/t14?,15?,22-/m1/s1. The first-order valence-electron chi connectivity index (χ1n) is 9.72. The van der Waals surface area contributed by atoms with E-state index in [0.717, 1.165) is 29.6 Å². The zero-order valence-corrected chi connectivity index (χ0v) is 16.1. The van der Waals surface area contributed by atoms with E-state index in [4.69, 9.17) is 17.9 Å². The number of hydrogen-bond donors (Lipinski definition) is 0. The van der Waals surface area contributed by atoms with Crippen molar-refractivity contribution in [1.82, 2.24) is 0 Å². The van der Waals surface area contributed by atoms with E-state index in [2.05, 4.69) is 34.8 Å². The highest BCUT2D eigenvalue weighted by molar-refractivity contribution is 6.03. The Kier molecular flexibility index (Phi) is 4.35. The fourth-order valence-corrected chi connectivity index (χ4v) is 5.31. The van der Waals surface area contributed by atoms with E-state index < -0.39 is 11.6 Å². The van der Waals surface area contributed by atoms with Crippen LogP contribution in [0.4, 0.5) is 0 Å². The van der Waals surface area contributed by atoms with Crippen LogP contribution in [0, 0.1) is 30.9 Å². The number of ether oxygens (including phenoxy) is 1. The van der Waals surface area contributed by atoms with Crippen LogP contribution < -0.4 is 0 Å². The van der Waals surface area contributed by atoms with Crippen molar-refractivity contribution in [2.45, 2.75) is 45.2 Å². The number of rotatable bonds is 3. The van der Waals surface area contributed by atoms with E-state index in [1.54, 1.807) is 0 Å². The maximum Gasteiger partial charge on any atom is 0.510 e. The van der Waals surface area contributed by atoms with Gasteiger partial charge in [0.25, 0.3) is 0 Å². The van der Waals surface area contributed by atoms with Gasteiger partial charge in [0.1, 0.15) is 18.6 Å². The molecular weight excluding hydrogens is 352 g/mol. The van der Waals surface area contributed by atoms with Crippen LogP contribution in [0.3, 0.4) is 0 Å². The van der Waals surface area contributed by atoms with Crippen molar-refractivity contribution in [3.05, 3.63) is 68.9 Å². The zero-order chi connectivity index (χ0) is 20.1. The van der Waals surface area contributed by atoms with Crippen LogP contribution in [0.25, 0.3) is 9.69 Å². The third-order valence-electron chi connectivity index (χ3n) is 6.53. The first-order valence-corrected chi connectivity index (χ1v) is 9.72. The fourth-order valence-electron chi connectivity index (χ4n) is 5.31. The Morgan fingerprint density at radius 2 is 2.04 bits per heavy atom. The first-order chi connectivity index (χ1) is 13.4. The molecule has 3 atom stereocenters. The lowest BCUT2D eigenvalue weighted by molar-refractivity contribution is -0.140. The molecule has 0 fully saturated rings. The molecule has 4 aliphatic rings. The summed E-state index contributed by atoms with van der Waals surface area (Å²) >= 11 is 0. The maximum absolute atomic E-state index is 12.8. The van der Waals surface area contributed by atoms with Gasteiger partial charge in [-0.1, -0.05) is 30.7 Å². The van der Waals surface area contributed by atoms with Gasteiger partial charge in [-0.2, -0.15) is 0 Å². The van der Waals surface area contributed by atoms with E-state index in [1.807, 2.05) is 0 Å². The molecule has 4 rings (SSSR count). The van der Waals surface area contributed by atoms with Gasteiger partial charge >= 0.3 is 11.6 Å². The van der Waals surface area contributed by atoms with Crippen molar-refractivity contribution in [3.8, 4) is 0 Å².